The van der Waals surface area contributed by atoms with E-state index in [-0.39, 0.29) is 0 Å². The molecule has 18 heavy (non-hydrogen) atoms. The van der Waals surface area contributed by atoms with Gasteiger partial charge in [0.05, 0.1) is 11.2 Å². The largest absolute Gasteiger partial charge is 0.386 e. The third-order valence-electron chi connectivity index (χ3n) is 3.22. The zero-order valence-electron chi connectivity index (χ0n) is 11.4. The molecule has 2 aromatic rings. The lowest BCUT2D eigenvalue weighted by atomic mass is 9.85. The molecule has 2 N–H and O–H groups in total. The third kappa shape index (κ3) is 2.26. The summed E-state index contributed by atoms with van der Waals surface area (Å²) >= 11 is 0. The summed E-state index contributed by atoms with van der Waals surface area (Å²) in [5, 5.41) is 22.6. The van der Waals surface area contributed by atoms with Crippen molar-refractivity contribution in [1.82, 2.24) is 0 Å². The van der Waals surface area contributed by atoms with E-state index in [1.807, 2.05) is 36.4 Å². The van der Waals surface area contributed by atoms with E-state index in [1.54, 1.807) is 27.7 Å². The van der Waals surface area contributed by atoms with E-state index in [9.17, 15) is 10.2 Å². The lowest BCUT2D eigenvalue weighted by molar-refractivity contribution is 0.0754. The highest BCUT2D eigenvalue weighted by Gasteiger charge is 2.25. The van der Waals surface area contributed by atoms with Crippen LogP contribution in [0.1, 0.15) is 38.8 Å². The van der Waals surface area contributed by atoms with Crippen LogP contribution in [-0.2, 0) is 11.2 Å². The SMILES string of the molecule is CC(C)(O)c1cccc2cccc(C(C)(C)O)c12. The van der Waals surface area contributed by atoms with Gasteiger partial charge in [-0.2, -0.15) is 0 Å². The zero-order chi connectivity index (χ0) is 13.6. The predicted octanol–water partition coefficient (Wildman–Crippen LogP) is 3.29. The molecule has 0 aliphatic heterocycles. The van der Waals surface area contributed by atoms with Crippen molar-refractivity contribution in [2.24, 2.45) is 0 Å². The maximum Gasteiger partial charge on any atom is 0.0846 e. The first-order valence-electron chi connectivity index (χ1n) is 6.19. The minimum atomic E-state index is -0.930. The average Bonchev–Trinajstić information content (AvgIpc) is 2.24. The first-order valence-corrected chi connectivity index (χ1v) is 6.19. The van der Waals surface area contributed by atoms with Crippen molar-refractivity contribution in [3.05, 3.63) is 47.5 Å². The fraction of sp³-hybridized carbons (Fsp3) is 0.375. The fourth-order valence-electron chi connectivity index (χ4n) is 2.36. The topological polar surface area (TPSA) is 40.5 Å². The Balaban J connectivity index is 2.90. The summed E-state index contributed by atoms with van der Waals surface area (Å²) in [7, 11) is 0. The Kier molecular flexibility index (Phi) is 2.96. The molecule has 0 bridgehead atoms. The van der Waals surface area contributed by atoms with Crippen molar-refractivity contribution in [1.29, 1.82) is 0 Å². The Morgan fingerprint density at radius 1 is 0.722 bits per heavy atom. The van der Waals surface area contributed by atoms with Gasteiger partial charge in [0.2, 0.25) is 0 Å². The summed E-state index contributed by atoms with van der Waals surface area (Å²) in [5.41, 5.74) is -0.169. The van der Waals surface area contributed by atoms with E-state index in [4.69, 9.17) is 0 Å². The van der Waals surface area contributed by atoms with Gasteiger partial charge in [0.25, 0.3) is 0 Å². The van der Waals surface area contributed by atoms with Gasteiger partial charge in [0, 0.05) is 0 Å². The van der Waals surface area contributed by atoms with Crippen LogP contribution in [0.2, 0.25) is 0 Å². The van der Waals surface area contributed by atoms with Crippen molar-refractivity contribution < 1.29 is 10.2 Å². The van der Waals surface area contributed by atoms with Gasteiger partial charge in [-0.3, -0.25) is 0 Å². The monoisotopic (exact) mass is 244 g/mol. The first-order chi connectivity index (χ1) is 8.21. The average molecular weight is 244 g/mol. The second-order valence-corrected chi connectivity index (χ2v) is 5.83. The van der Waals surface area contributed by atoms with E-state index in [0.717, 1.165) is 21.9 Å². The van der Waals surface area contributed by atoms with Crippen LogP contribution in [0.3, 0.4) is 0 Å². The van der Waals surface area contributed by atoms with Crippen molar-refractivity contribution in [3.63, 3.8) is 0 Å². The molecule has 0 fully saturated rings. The van der Waals surface area contributed by atoms with E-state index in [0.29, 0.717) is 0 Å². The summed E-state index contributed by atoms with van der Waals surface area (Å²) < 4.78 is 0. The van der Waals surface area contributed by atoms with Gasteiger partial charge in [-0.1, -0.05) is 36.4 Å². The van der Waals surface area contributed by atoms with Crippen LogP contribution < -0.4 is 0 Å². The van der Waals surface area contributed by atoms with Crippen molar-refractivity contribution in [3.8, 4) is 0 Å². The zero-order valence-corrected chi connectivity index (χ0v) is 11.4. The van der Waals surface area contributed by atoms with Crippen molar-refractivity contribution >= 4 is 10.8 Å². The molecule has 2 rings (SSSR count). The highest BCUT2D eigenvalue weighted by molar-refractivity contribution is 5.90. The van der Waals surface area contributed by atoms with Crippen molar-refractivity contribution in [2.45, 2.75) is 38.9 Å². The molecule has 0 spiro atoms. The molecule has 0 unspecified atom stereocenters. The number of rotatable bonds is 2. The Labute approximate surface area is 108 Å². The van der Waals surface area contributed by atoms with Gasteiger partial charge < -0.3 is 10.2 Å². The fourth-order valence-corrected chi connectivity index (χ4v) is 2.36. The summed E-state index contributed by atoms with van der Waals surface area (Å²) in [6.45, 7) is 7.07. The minimum Gasteiger partial charge on any atom is -0.386 e. The van der Waals surface area contributed by atoms with E-state index in [2.05, 4.69) is 0 Å². The Morgan fingerprint density at radius 3 is 1.44 bits per heavy atom. The van der Waals surface area contributed by atoms with Crippen LogP contribution in [0.25, 0.3) is 10.8 Å². The summed E-state index contributed by atoms with van der Waals surface area (Å²) in [6, 6.07) is 11.7. The summed E-state index contributed by atoms with van der Waals surface area (Å²) in [4.78, 5) is 0. The predicted molar refractivity (Wildman–Crippen MR) is 74.4 cm³/mol. The van der Waals surface area contributed by atoms with Gasteiger partial charge in [-0.15, -0.1) is 0 Å². The maximum absolute atomic E-state index is 10.3. The molecule has 0 saturated carbocycles. The summed E-state index contributed by atoms with van der Waals surface area (Å²) in [6.07, 6.45) is 0. The van der Waals surface area contributed by atoms with Gasteiger partial charge in [-0.25, -0.2) is 0 Å². The molecule has 0 saturated heterocycles. The molecular weight excluding hydrogens is 224 g/mol. The second-order valence-electron chi connectivity index (χ2n) is 5.83. The van der Waals surface area contributed by atoms with Crippen LogP contribution in [0.5, 0.6) is 0 Å². The van der Waals surface area contributed by atoms with E-state index in [1.165, 1.54) is 0 Å². The normalized spacial score (nSPS) is 13.0. The molecule has 0 amide bonds. The molecule has 96 valence electrons. The molecule has 0 atom stereocenters. The van der Waals surface area contributed by atoms with Gasteiger partial charge in [0.1, 0.15) is 0 Å². The minimum absolute atomic E-state index is 0.845. The quantitative estimate of drug-likeness (QED) is 0.851. The number of aliphatic hydroxyl groups is 2. The number of benzene rings is 2. The Morgan fingerprint density at radius 2 is 1.11 bits per heavy atom. The van der Waals surface area contributed by atoms with Gasteiger partial charge >= 0.3 is 0 Å². The van der Waals surface area contributed by atoms with Crippen LogP contribution >= 0.6 is 0 Å². The Hall–Kier alpha value is -1.38. The standard InChI is InChI=1S/C16H20O2/c1-15(2,17)12-9-5-7-11-8-6-10-13(14(11)12)16(3,4)18/h5-10,17-18H,1-4H3. The maximum atomic E-state index is 10.3. The van der Waals surface area contributed by atoms with Crippen LogP contribution in [-0.4, -0.2) is 10.2 Å². The molecule has 2 nitrogen and oxygen atoms in total. The summed E-state index contributed by atoms with van der Waals surface area (Å²) in [5.74, 6) is 0. The molecule has 2 aromatic carbocycles. The third-order valence-corrected chi connectivity index (χ3v) is 3.22. The lowest BCUT2D eigenvalue weighted by Gasteiger charge is -2.26. The van der Waals surface area contributed by atoms with Crippen LogP contribution in [0.4, 0.5) is 0 Å². The number of hydrogen-bond acceptors (Lipinski definition) is 2. The molecule has 0 radical (unpaired) electrons. The molecule has 0 heterocycles. The first kappa shape index (κ1) is 13.1. The molecule has 0 aromatic heterocycles. The molecule has 2 heteroatoms. The lowest BCUT2D eigenvalue weighted by Crippen LogP contribution is -2.20. The van der Waals surface area contributed by atoms with Crippen LogP contribution in [0, 0.1) is 0 Å². The number of hydrogen-bond donors (Lipinski definition) is 2. The number of fused-ring (bicyclic) bond motifs is 1. The van der Waals surface area contributed by atoms with Crippen LogP contribution in [0.15, 0.2) is 36.4 Å². The molecular formula is C16H20O2. The Bertz CT molecular complexity index is 523. The second kappa shape index (κ2) is 4.08. The van der Waals surface area contributed by atoms with E-state index >= 15 is 0 Å². The van der Waals surface area contributed by atoms with Gasteiger partial charge in [0.15, 0.2) is 0 Å². The highest BCUT2D eigenvalue weighted by Crippen LogP contribution is 2.35. The molecule has 0 aliphatic rings. The van der Waals surface area contributed by atoms with E-state index < -0.39 is 11.2 Å². The smallest absolute Gasteiger partial charge is 0.0846 e. The highest BCUT2D eigenvalue weighted by atomic mass is 16.3. The molecule has 0 aliphatic carbocycles. The van der Waals surface area contributed by atoms with Crippen molar-refractivity contribution in [2.75, 3.05) is 0 Å². The van der Waals surface area contributed by atoms with Gasteiger partial charge in [-0.05, 0) is 49.6 Å².